The Kier molecular flexibility index (Phi) is 5.88. The summed E-state index contributed by atoms with van der Waals surface area (Å²) in [4.78, 5) is 25.1. The number of aldehydes is 1. The van der Waals surface area contributed by atoms with Gasteiger partial charge in [-0.1, -0.05) is 38.8 Å². The Labute approximate surface area is 136 Å². The van der Waals surface area contributed by atoms with Gasteiger partial charge in [0.1, 0.15) is 18.1 Å². The third kappa shape index (κ3) is 3.78. The van der Waals surface area contributed by atoms with Crippen LogP contribution in [-0.2, 0) is 9.59 Å². The van der Waals surface area contributed by atoms with E-state index in [1.54, 1.807) is 12.1 Å². The number of rotatable bonds is 7. The quantitative estimate of drug-likeness (QED) is 0.785. The third-order valence-electron chi connectivity index (χ3n) is 4.99. The molecule has 0 saturated carbocycles. The highest BCUT2D eigenvalue weighted by Gasteiger charge is 2.41. The van der Waals surface area contributed by atoms with Gasteiger partial charge in [0.2, 0.25) is 0 Å². The number of carboxylic acids is 1. The molecule has 1 aromatic carbocycles. The molecule has 1 aliphatic heterocycles. The van der Waals surface area contributed by atoms with Crippen LogP contribution in [0.15, 0.2) is 24.3 Å². The molecule has 126 valence electrons. The van der Waals surface area contributed by atoms with Crippen LogP contribution in [0.2, 0.25) is 0 Å². The second-order valence-corrected chi connectivity index (χ2v) is 6.27. The van der Waals surface area contributed by atoms with Crippen LogP contribution in [0.5, 0.6) is 0 Å². The Bertz CT molecular complexity index is 559. The molecule has 4 nitrogen and oxygen atoms in total. The summed E-state index contributed by atoms with van der Waals surface area (Å²) in [5.74, 6) is -1.58. The highest BCUT2D eigenvalue weighted by atomic mass is 19.1. The van der Waals surface area contributed by atoms with E-state index in [0.717, 1.165) is 24.7 Å². The molecule has 0 aromatic heterocycles. The first kappa shape index (κ1) is 17.6. The van der Waals surface area contributed by atoms with Gasteiger partial charge in [0.15, 0.2) is 0 Å². The van der Waals surface area contributed by atoms with Gasteiger partial charge in [-0.15, -0.1) is 0 Å². The molecule has 2 rings (SSSR count). The second kappa shape index (κ2) is 7.68. The zero-order valence-corrected chi connectivity index (χ0v) is 13.6. The number of benzene rings is 1. The number of carbonyl (C=O) groups excluding carboxylic acids is 1. The van der Waals surface area contributed by atoms with Crippen LogP contribution in [0.4, 0.5) is 4.39 Å². The second-order valence-electron chi connectivity index (χ2n) is 6.27. The number of halogens is 1. The standard InChI is InChI=1S/C18H24FNO3/c1-3-12(4-2)17(18(22)23)20-9-14(11-21)16(10-20)13-6-5-7-15(19)8-13/h5-8,11-12,14,16-17H,3-4,9-10H2,1-2H3,(H,22,23)/t14-,16-,17+/m1/s1. The summed E-state index contributed by atoms with van der Waals surface area (Å²) in [6, 6.07) is 5.66. The van der Waals surface area contributed by atoms with Crippen molar-refractivity contribution in [1.82, 2.24) is 4.90 Å². The molecule has 23 heavy (non-hydrogen) atoms. The number of carboxylic acid groups (broad SMARTS) is 1. The highest BCUT2D eigenvalue weighted by Crippen LogP contribution is 2.35. The van der Waals surface area contributed by atoms with Gasteiger partial charge in [-0.3, -0.25) is 9.69 Å². The molecule has 1 aromatic rings. The van der Waals surface area contributed by atoms with Crippen LogP contribution in [0.3, 0.4) is 0 Å². The Morgan fingerprint density at radius 2 is 2.09 bits per heavy atom. The van der Waals surface area contributed by atoms with E-state index in [1.165, 1.54) is 12.1 Å². The molecule has 1 heterocycles. The Hall–Kier alpha value is -1.75. The molecule has 5 heteroatoms. The predicted octanol–water partition coefficient (Wildman–Crippen LogP) is 2.93. The zero-order chi connectivity index (χ0) is 17.0. The van der Waals surface area contributed by atoms with Crippen molar-refractivity contribution in [2.75, 3.05) is 13.1 Å². The first-order valence-electron chi connectivity index (χ1n) is 8.19. The molecule has 0 unspecified atom stereocenters. The van der Waals surface area contributed by atoms with Crippen LogP contribution < -0.4 is 0 Å². The lowest BCUT2D eigenvalue weighted by Gasteiger charge is -2.30. The molecular formula is C18H24FNO3. The molecule has 0 amide bonds. The molecular weight excluding hydrogens is 297 g/mol. The van der Waals surface area contributed by atoms with Crippen molar-refractivity contribution in [2.45, 2.75) is 38.6 Å². The average Bonchev–Trinajstić information content (AvgIpc) is 2.95. The minimum atomic E-state index is -0.844. The van der Waals surface area contributed by atoms with Crippen LogP contribution in [-0.4, -0.2) is 41.4 Å². The summed E-state index contributed by atoms with van der Waals surface area (Å²) >= 11 is 0. The number of carbonyl (C=O) groups is 2. The maximum Gasteiger partial charge on any atom is 0.321 e. The van der Waals surface area contributed by atoms with E-state index in [1.807, 2.05) is 18.7 Å². The average molecular weight is 321 g/mol. The number of aliphatic carboxylic acids is 1. The zero-order valence-electron chi connectivity index (χ0n) is 13.6. The van der Waals surface area contributed by atoms with Crippen molar-refractivity contribution >= 4 is 12.3 Å². The van der Waals surface area contributed by atoms with E-state index in [-0.39, 0.29) is 23.6 Å². The summed E-state index contributed by atoms with van der Waals surface area (Å²) < 4.78 is 13.5. The predicted molar refractivity (Wildman–Crippen MR) is 85.8 cm³/mol. The van der Waals surface area contributed by atoms with Crippen molar-refractivity contribution < 1.29 is 19.1 Å². The van der Waals surface area contributed by atoms with Gasteiger partial charge in [0.05, 0.1) is 0 Å². The normalized spacial score (nSPS) is 23.1. The Morgan fingerprint density at radius 1 is 1.39 bits per heavy atom. The lowest BCUT2D eigenvalue weighted by atomic mass is 9.90. The van der Waals surface area contributed by atoms with Crippen LogP contribution in [0, 0.1) is 17.7 Å². The minimum absolute atomic E-state index is 0.0473. The van der Waals surface area contributed by atoms with Gasteiger partial charge in [0.25, 0.3) is 0 Å². The van der Waals surface area contributed by atoms with Crippen molar-refractivity contribution in [3.63, 3.8) is 0 Å². The topological polar surface area (TPSA) is 57.6 Å². The number of nitrogens with zero attached hydrogens (tertiary/aromatic N) is 1. The first-order valence-corrected chi connectivity index (χ1v) is 8.19. The molecule has 1 aliphatic rings. The van der Waals surface area contributed by atoms with Gasteiger partial charge < -0.3 is 9.90 Å². The van der Waals surface area contributed by atoms with Crippen LogP contribution in [0.25, 0.3) is 0 Å². The Balaban J connectivity index is 2.26. The van der Waals surface area contributed by atoms with E-state index in [2.05, 4.69) is 0 Å². The van der Waals surface area contributed by atoms with E-state index in [0.29, 0.717) is 13.1 Å². The van der Waals surface area contributed by atoms with Crippen molar-refractivity contribution in [2.24, 2.45) is 11.8 Å². The molecule has 1 fully saturated rings. The number of likely N-dealkylation sites (tertiary alicyclic amines) is 1. The fourth-order valence-electron chi connectivity index (χ4n) is 3.71. The largest absolute Gasteiger partial charge is 0.480 e. The third-order valence-corrected chi connectivity index (χ3v) is 4.99. The molecule has 3 atom stereocenters. The summed E-state index contributed by atoms with van der Waals surface area (Å²) in [6.45, 7) is 4.86. The van der Waals surface area contributed by atoms with Gasteiger partial charge in [0, 0.05) is 24.9 Å². The van der Waals surface area contributed by atoms with Gasteiger partial charge in [-0.05, 0) is 23.6 Å². The van der Waals surface area contributed by atoms with Crippen LogP contribution in [0.1, 0.15) is 38.2 Å². The SMILES string of the molecule is CCC(CC)[C@@H](C(=O)O)N1C[C@H](c2cccc(F)c2)[C@@H](C=O)C1. The fraction of sp³-hybridized carbons (Fsp3) is 0.556. The fourth-order valence-corrected chi connectivity index (χ4v) is 3.71. The van der Waals surface area contributed by atoms with E-state index >= 15 is 0 Å². The maximum atomic E-state index is 13.5. The smallest absolute Gasteiger partial charge is 0.321 e. The van der Waals surface area contributed by atoms with Crippen molar-refractivity contribution in [3.05, 3.63) is 35.6 Å². The molecule has 1 saturated heterocycles. The molecule has 1 N–H and O–H groups in total. The van der Waals surface area contributed by atoms with Crippen molar-refractivity contribution in [3.8, 4) is 0 Å². The van der Waals surface area contributed by atoms with Crippen LogP contribution >= 0.6 is 0 Å². The van der Waals surface area contributed by atoms with Gasteiger partial charge >= 0.3 is 5.97 Å². The molecule has 0 spiro atoms. The highest BCUT2D eigenvalue weighted by molar-refractivity contribution is 5.74. The lowest BCUT2D eigenvalue weighted by molar-refractivity contribution is -0.145. The van der Waals surface area contributed by atoms with Crippen molar-refractivity contribution in [1.29, 1.82) is 0 Å². The number of hydrogen-bond donors (Lipinski definition) is 1. The molecule has 0 aliphatic carbocycles. The summed E-state index contributed by atoms with van der Waals surface area (Å²) in [7, 11) is 0. The summed E-state index contributed by atoms with van der Waals surface area (Å²) in [5.41, 5.74) is 0.762. The van der Waals surface area contributed by atoms with Gasteiger partial charge in [-0.2, -0.15) is 0 Å². The number of hydrogen-bond acceptors (Lipinski definition) is 3. The summed E-state index contributed by atoms with van der Waals surface area (Å²) in [6.07, 6.45) is 2.43. The van der Waals surface area contributed by atoms with Gasteiger partial charge in [-0.25, -0.2) is 4.39 Å². The first-order chi connectivity index (χ1) is 11.0. The van der Waals surface area contributed by atoms with E-state index < -0.39 is 12.0 Å². The minimum Gasteiger partial charge on any atom is -0.480 e. The van der Waals surface area contributed by atoms with E-state index in [4.69, 9.17) is 0 Å². The molecule has 0 bridgehead atoms. The Morgan fingerprint density at radius 3 is 2.61 bits per heavy atom. The lowest BCUT2D eigenvalue weighted by Crippen LogP contribution is -2.45. The maximum absolute atomic E-state index is 13.5. The van der Waals surface area contributed by atoms with E-state index in [9.17, 15) is 19.1 Å². The summed E-state index contributed by atoms with van der Waals surface area (Å²) in [5, 5.41) is 9.64. The monoisotopic (exact) mass is 321 g/mol. The molecule has 0 radical (unpaired) electrons.